The molecule has 2 aliphatic rings. The van der Waals surface area contributed by atoms with E-state index < -0.39 is 0 Å². The summed E-state index contributed by atoms with van der Waals surface area (Å²) in [5.41, 5.74) is 1.87. The van der Waals surface area contributed by atoms with E-state index in [1.54, 1.807) is 11.8 Å². The number of amides is 1. The van der Waals surface area contributed by atoms with Gasteiger partial charge in [0.05, 0.1) is 11.7 Å². The molecule has 5 nitrogen and oxygen atoms in total. The van der Waals surface area contributed by atoms with Gasteiger partial charge >= 0.3 is 0 Å². The number of rotatable bonds is 4. The van der Waals surface area contributed by atoms with Gasteiger partial charge in [0.25, 0.3) is 5.91 Å². The van der Waals surface area contributed by atoms with Gasteiger partial charge in [-0.05, 0) is 43.4 Å². The summed E-state index contributed by atoms with van der Waals surface area (Å²) in [5.74, 6) is 0.730. The minimum Gasteiger partial charge on any atom is -0.334 e. The maximum atomic E-state index is 12.4. The number of hydrogen-bond donors (Lipinski definition) is 0. The van der Waals surface area contributed by atoms with Crippen molar-refractivity contribution in [3.8, 4) is 0 Å². The van der Waals surface area contributed by atoms with Gasteiger partial charge in [-0.1, -0.05) is 5.21 Å². The topological polar surface area (TPSA) is 51.0 Å². The molecule has 0 atom stereocenters. The zero-order chi connectivity index (χ0) is 15.1. The van der Waals surface area contributed by atoms with Crippen LogP contribution in [-0.4, -0.2) is 45.1 Å². The highest BCUT2D eigenvalue weighted by atomic mass is 32.2. The van der Waals surface area contributed by atoms with Gasteiger partial charge in [-0.3, -0.25) is 4.79 Å². The summed E-state index contributed by atoms with van der Waals surface area (Å²) >= 11 is 1.68. The molecule has 1 aromatic heterocycles. The van der Waals surface area contributed by atoms with E-state index in [0.717, 1.165) is 24.3 Å². The first-order chi connectivity index (χ1) is 10.7. The van der Waals surface area contributed by atoms with Crippen LogP contribution in [0.2, 0.25) is 0 Å². The van der Waals surface area contributed by atoms with E-state index in [9.17, 15) is 4.79 Å². The molecule has 6 heteroatoms. The lowest BCUT2D eigenvalue weighted by Gasteiger charge is -2.38. The molecule has 114 valence electrons. The SMILES string of the molecule is CSc1ccc(C(=O)N2CC(n3cc(C4CC4)nn3)C2)cc1. The number of benzene rings is 1. The van der Waals surface area contributed by atoms with Gasteiger partial charge in [0.1, 0.15) is 0 Å². The number of likely N-dealkylation sites (tertiary alicyclic amines) is 1. The molecule has 1 saturated heterocycles. The Kier molecular flexibility index (Phi) is 3.41. The summed E-state index contributed by atoms with van der Waals surface area (Å²) in [6.45, 7) is 1.44. The summed E-state index contributed by atoms with van der Waals surface area (Å²) < 4.78 is 1.92. The van der Waals surface area contributed by atoms with Gasteiger partial charge in [0.2, 0.25) is 0 Å². The van der Waals surface area contributed by atoms with Crippen molar-refractivity contribution < 1.29 is 4.79 Å². The highest BCUT2D eigenvalue weighted by molar-refractivity contribution is 7.98. The predicted molar refractivity (Wildman–Crippen MR) is 85.2 cm³/mol. The van der Waals surface area contributed by atoms with E-state index in [2.05, 4.69) is 16.5 Å². The first-order valence-corrected chi connectivity index (χ1v) is 8.82. The molecule has 1 amide bonds. The Bertz CT molecular complexity index is 686. The summed E-state index contributed by atoms with van der Waals surface area (Å²) in [5, 5.41) is 8.45. The van der Waals surface area contributed by atoms with E-state index in [4.69, 9.17) is 0 Å². The quantitative estimate of drug-likeness (QED) is 0.814. The van der Waals surface area contributed by atoms with Crippen molar-refractivity contribution in [3.05, 3.63) is 41.7 Å². The number of thioether (sulfide) groups is 1. The van der Waals surface area contributed by atoms with Crippen molar-refractivity contribution in [1.29, 1.82) is 0 Å². The number of nitrogens with zero attached hydrogens (tertiary/aromatic N) is 4. The van der Waals surface area contributed by atoms with E-state index in [0.29, 0.717) is 5.92 Å². The van der Waals surface area contributed by atoms with E-state index in [1.807, 2.05) is 40.1 Å². The maximum absolute atomic E-state index is 12.4. The van der Waals surface area contributed by atoms with Crippen LogP contribution in [0.5, 0.6) is 0 Å². The number of aromatic nitrogens is 3. The fraction of sp³-hybridized carbons (Fsp3) is 0.438. The van der Waals surface area contributed by atoms with Crippen LogP contribution in [-0.2, 0) is 0 Å². The normalized spacial score (nSPS) is 18.3. The molecule has 2 aromatic rings. The van der Waals surface area contributed by atoms with Gasteiger partial charge in [-0.25, -0.2) is 4.68 Å². The molecule has 0 spiro atoms. The largest absolute Gasteiger partial charge is 0.334 e. The minimum atomic E-state index is 0.103. The molecule has 0 bridgehead atoms. The highest BCUT2D eigenvalue weighted by Crippen LogP contribution is 2.39. The molecule has 1 aromatic carbocycles. The molecule has 1 saturated carbocycles. The Morgan fingerprint density at radius 2 is 1.95 bits per heavy atom. The molecule has 1 aliphatic heterocycles. The summed E-state index contributed by atoms with van der Waals surface area (Å²) in [4.78, 5) is 15.4. The predicted octanol–water partition coefficient (Wildman–Crippen LogP) is 2.57. The monoisotopic (exact) mass is 314 g/mol. The zero-order valence-electron chi connectivity index (χ0n) is 12.5. The third-order valence-corrected chi connectivity index (χ3v) is 5.13. The lowest BCUT2D eigenvalue weighted by molar-refractivity contribution is 0.0498. The molecule has 4 rings (SSSR count). The van der Waals surface area contributed by atoms with E-state index in [-0.39, 0.29) is 11.9 Å². The standard InChI is InChI=1S/C16H18N4OS/c1-22-14-6-4-12(5-7-14)16(21)19-8-13(9-19)20-10-15(17-18-20)11-2-3-11/h4-7,10-11,13H,2-3,8-9H2,1H3. The number of hydrogen-bond acceptors (Lipinski definition) is 4. The van der Waals surface area contributed by atoms with Crippen molar-refractivity contribution in [1.82, 2.24) is 19.9 Å². The molecule has 1 aliphatic carbocycles. The van der Waals surface area contributed by atoms with E-state index >= 15 is 0 Å². The second kappa shape index (κ2) is 5.43. The Balaban J connectivity index is 1.38. The first-order valence-electron chi connectivity index (χ1n) is 7.59. The molecular weight excluding hydrogens is 296 g/mol. The lowest BCUT2D eigenvalue weighted by atomic mass is 10.1. The first kappa shape index (κ1) is 13.8. The van der Waals surface area contributed by atoms with Crippen molar-refractivity contribution in [3.63, 3.8) is 0 Å². The molecule has 22 heavy (non-hydrogen) atoms. The van der Waals surface area contributed by atoms with Crippen LogP contribution in [0, 0.1) is 0 Å². The van der Waals surface area contributed by atoms with Crippen molar-refractivity contribution in [2.75, 3.05) is 19.3 Å². The fourth-order valence-corrected chi connectivity index (χ4v) is 3.15. The van der Waals surface area contributed by atoms with Crippen molar-refractivity contribution >= 4 is 17.7 Å². The van der Waals surface area contributed by atoms with Crippen LogP contribution < -0.4 is 0 Å². The van der Waals surface area contributed by atoms with E-state index in [1.165, 1.54) is 17.7 Å². The summed E-state index contributed by atoms with van der Waals surface area (Å²) in [6.07, 6.45) is 6.56. The smallest absolute Gasteiger partial charge is 0.254 e. The molecule has 0 unspecified atom stereocenters. The third-order valence-electron chi connectivity index (χ3n) is 4.38. The van der Waals surface area contributed by atoms with Crippen LogP contribution >= 0.6 is 11.8 Å². The zero-order valence-corrected chi connectivity index (χ0v) is 13.3. The second-order valence-electron chi connectivity index (χ2n) is 5.99. The average molecular weight is 314 g/mol. The maximum Gasteiger partial charge on any atom is 0.254 e. The van der Waals surface area contributed by atoms with Crippen molar-refractivity contribution in [2.45, 2.75) is 29.7 Å². The molecule has 2 heterocycles. The van der Waals surface area contributed by atoms with Gasteiger partial charge in [-0.15, -0.1) is 16.9 Å². The third kappa shape index (κ3) is 2.52. The highest BCUT2D eigenvalue weighted by Gasteiger charge is 2.34. The Morgan fingerprint density at radius 3 is 2.59 bits per heavy atom. The van der Waals surface area contributed by atoms with Gasteiger partial charge < -0.3 is 4.90 Å². The summed E-state index contributed by atoms with van der Waals surface area (Å²) in [6, 6.07) is 8.07. The van der Waals surface area contributed by atoms with Crippen LogP contribution in [0.1, 0.15) is 40.9 Å². The Labute approximate surface area is 133 Å². The Hall–Kier alpha value is -1.82. The Morgan fingerprint density at radius 1 is 1.23 bits per heavy atom. The van der Waals surface area contributed by atoms with Crippen LogP contribution in [0.15, 0.2) is 35.4 Å². The fourth-order valence-electron chi connectivity index (χ4n) is 2.74. The lowest BCUT2D eigenvalue weighted by Crippen LogP contribution is -2.50. The van der Waals surface area contributed by atoms with Gasteiger partial charge in [0.15, 0.2) is 0 Å². The van der Waals surface area contributed by atoms with Gasteiger partial charge in [0, 0.05) is 35.7 Å². The molecular formula is C16H18N4OS. The number of carbonyl (C=O) groups excluding carboxylic acids is 1. The second-order valence-corrected chi connectivity index (χ2v) is 6.87. The molecule has 0 N–H and O–H groups in total. The number of carbonyl (C=O) groups is 1. The van der Waals surface area contributed by atoms with Crippen LogP contribution in [0.25, 0.3) is 0 Å². The molecule has 0 radical (unpaired) electrons. The van der Waals surface area contributed by atoms with Crippen LogP contribution in [0.3, 0.4) is 0 Å². The van der Waals surface area contributed by atoms with Crippen molar-refractivity contribution in [2.24, 2.45) is 0 Å². The summed E-state index contributed by atoms with van der Waals surface area (Å²) in [7, 11) is 0. The van der Waals surface area contributed by atoms with Crippen LogP contribution in [0.4, 0.5) is 0 Å². The van der Waals surface area contributed by atoms with Gasteiger partial charge in [-0.2, -0.15) is 0 Å². The molecule has 2 fully saturated rings. The average Bonchev–Trinajstić information content (AvgIpc) is 3.25. The minimum absolute atomic E-state index is 0.103.